The summed E-state index contributed by atoms with van der Waals surface area (Å²) >= 11 is 0. The van der Waals surface area contributed by atoms with Crippen LogP contribution in [0.15, 0.2) is 24.5 Å². The fraction of sp³-hybridized carbons (Fsp3) is 0.647. The van der Waals surface area contributed by atoms with E-state index in [1.807, 2.05) is 12.4 Å². The quantitative estimate of drug-likeness (QED) is 0.754. The molecule has 0 unspecified atom stereocenters. The lowest BCUT2D eigenvalue weighted by Crippen LogP contribution is -2.31. The van der Waals surface area contributed by atoms with Gasteiger partial charge in [0.2, 0.25) is 5.91 Å². The summed E-state index contributed by atoms with van der Waals surface area (Å²) in [7, 11) is 1.63. The maximum atomic E-state index is 11.8. The van der Waals surface area contributed by atoms with Crippen LogP contribution in [-0.2, 0) is 20.8 Å². The van der Waals surface area contributed by atoms with Gasteiger partial charge in [-0.05, 0) is 24.1 Å². The van der Waals surface area contributed by atoms with E-state index in [0.29, 0.717) is 25.5 Å². The molecule has 2 saturated heterocycles. The Balaban J connectivity index is 1.40. The fourth-order valence-electron chi connectivity index (χ4n) is 3.53. The second kappa shape index (κ2) is 7.86. The second-order valence-corrected chi connectivity index (χ2v) is 6.39. The molecule has 3 heterocycles. The summed E-state index contributed by atoms with van der Waals surface area (Å²) in [6.45, 7) is 4.06. The zero-order chi connectivity index (χ0) is 16.1. The molecule has 126 valence electrons. The number of hydrogen-bond donors (Lipinski definition) is 1. The number of nitrogens with one attached hydrogen (secondary N) is 1. The Hall–Kier alpha value is -1.50. The van der Waals surface area contributed by atoms with E-state index < -0.39 is 0 Å². The first-order chi connectivity index (χ1) is 11.2. The van der Waals surface area contributed by atoms with Crippen LogP contribution in [0.3, 0.4) is 0 Å². The van der Waals surface area contributed by atoms with E-state index in [-0.39, 0.29) is 18.1 Å². The number of aromatic nitrogens is 1. The van der Waals surface area contributed by atoms with Gasteiger partial charge in [0.15, 0.2) is 0 Å². The maximum absolute atomic E-state index is 11.8. The van der Waals surface area contributed by atoms with Crippen LogP contribution >= 0.6 is 0 Å². The van der Waals surface area contributed by atoms with E-state index in [0.717, 1.165) is 26.1 Å². The largest absolute Gasteiger partial charge is 0.383 e. The molecular formula is C17H25N3O3. The number of carbonyl (C=O) groups excluding carboxylic acids is 1. The van der Waals surface area contributed by atoms with Crippen molar-refractivity contribution in [3.63, 3.8) is 0 Å². The third-order valence-corrected chi connectivity index (χ3v) is 4.59. The van der Waals surface area contributed by atoms with Crippen LogP contribution in [0, 0.1) is 5.92 Å². The minimum Gasteiger partial charge on any atom is -0.383 e. The second-order valence-electron chi connectivity index (χ2n) is 6.39. The van der Waals surface area contributed by atoms with E-state index in [2.05, 4.69) is 27.3 Å². The highest BCUT2D eigenvalue weighted by atomic mass is 16.5. The topological polar surface area (TPSA) is 63.7 Å². The molecule has 0 saturated carbocycles. The molecule has 1 aromatic heterocycles. The molecule has 1 amide bonds. The minimum absolute atomic E-state index is 0.0562. The molecule has 2 fully saturated rings. The van der Waals surface area contributed by atoms with Crippen LogP contribution in [0.5, 0.6) is 0 Å². The number of nitrogens with zero attached hydrogens (tertiary/aromatic N) is 2. The van der Waals surface area contributed by atoms with Crippen molar-refractivity contribution in [2.75, 3.05) is 33.4 Å². The fourth-order valence-corrected chi connectivity index (χ4v) is 3.53. The predicted octanol–water partition coefficient (Wildman–Crippen LogP) is 0.824. The van der Waals surface area contributed by atoms with Gasteiger partial charge in [0.25, 0.3) is 0 Å². The first-order valence-corrected chi connectivity index (χ1v) is 8.27. The standard InChI is InChI=1S/C17H25N3O3/c1-22-7-6-19-17(21)9-15-8-14-11-20(12-16(14)23-15)10-13-2-4-18-5-3-13/h2-5,14-16H,6-12H2,1H3,(H,19,21)/t14-,15+,16+/m1/s1. The summed E-state index contributed by atoms with van der Waals surface area (Å²) in [6, 6.07) is 4.12. The van der Waals surface area contributed by atoms with Crippen LogP contribution in [0.4, 0.5) is 0 Å². The number of rotatable bonds is 7. The SMILES string of the molecule is COCCNC(=O)C[C@@H]1C[C@@H]2CN(Cc3ccncc3)C[C@@H]2O1. The average molecular weight is 319 g/mol. The number of likely N-dealkylation sites (tertiary alicyclic amines) is 1. The minimum atomic E-state index is 0.0562. The van der Waals surface area contributed by atoms with Crippen LogP contribution in [0.2, 0.25) is 0 Å². The number of methoxy groups -OCH3 is 1. The molecule has 1 aromatic rings. The number of carbonyl (C=O) groups is 1. The van der Waals surface area contributed by atoms with Gasteiger partial charge in [-0.1, -0.05) is 0 Å². The molecule has 0 aromatic carbocycles. The van der Waals surface area contributed by atoms with Gasteiger partial charge in [-0.25, -0.2) is 0 Å². The monoisotopic (exact) mass is 319 g/mol. The van der Waals surface area contributed by atoms with E-state index in [4.69, 9.17) is 9.47 Å². The van der Waals surface area contributed by atoms with Gasteiger partial charge in [0, 0.05) is 51.6 Å². The van der Waals surface area contributed by atoms with Crippen molar-refractivity contribution in [2.45, 2.75) is 31.6 Å². The third-order valence-electron chi connectivity index (χ3n) is 4.59. The summed E-state index contributed by atoms with van der Waals surface area (Å²) in [5, 5.41) is 2.86. The lowest BCUT2D eigenvalue weighted by molar-refractivity contribution is -0.124. The summed E-state index contributed by atoms with van der Waals surface area (Å²) in [4.78, 5) is 18.3. The van der Waals surface area contributed by atoms with Gasteiger partial charge in [-0.15, -0.1) is 0 Å². The van der Waals surface area contributed by atoms with Crippen LogP contribution < -0.4 is 5.32 Å². The first kappa shape index (κ1) is 16.4. The van der Waals surface area contributed by atoms with Crippen molar-refractivity contribution in [3.05, 3.63) is 30.1 Å². The normalized spacial score (nSPS) is 27.1. The molecule has 6 heteroatoms. The van der Waals surface area contributed by atoms with Crippen molar-refractivity contribution in [2.24, 2.45) is 5.92 Å². The van der Waals surface area contributed by atoms with Crippen molar-refractivity contribution < 1.29 is 14.3 Å². The number of pyridine rings is 1. The van der Waals surface area contributed by atoms with Crippen LogP contribution in [0.25, 0.3) is 0 Å². The summed E-state index contributed by atoms with van der Waals surface area (Å²) in [6.07, 6.45) is 5.45. The lowest BCUT2D eigenvalue weighted by Gasteiger charge is -2.19. The third kappa shape index (κ3) is 4.50. The number of ether oxygens (including phenoxy) is 2. The number of fused-ring (bicyclic) bond motifs is 1. The van der Waals surface area contributed by atoms with Crippen molar-refractivity contribution >= 4 is 5.91 Å². The Labute approximate surface area is 137 Å². The van der Waals surface area contributed by atoms with Gasteiger partial charge in [0.1, 0.15) is 0 Å². The molecular weight excluding hydrogens is 294 g/mol. The Morgan fingerprint density at radius 3 is 3.00 bits per heavy atom. The molecule has 0 radical (unpaired) electrons. The van der Waals surface area contributed by atoms with Gasteiger partial charge in [-0.2, -0.15) is 0 Å². The molecule has 23 heavy (non-hydrogen) atoms. The van der Waals surface area contributed by atoms with Gasteiger partial charge >= 0.3 is 0 Å². The highest BCUT2D eigenvalue weighted by Crippen LogP contribution is 2.34. The van der Waals surface area contributed by atoms with Gasteiger partial charge in [0.05, 0.1) is 25.2 Å². The summed E-state index contributed by atoms with van der Waals surface area (Å²) in [5.74, 6) is 0.606. The molecule has 3 atom stereocenters. The smallest absolute Gasteiger partial charge is 0.222 e. The van der Waals surface area contributed by atoms with Gasteiger partial charge < -0.3 is 14.8 Å². The molecule has 0 spiro atoms. The molecule has 0 bridgehead atoms. The van der Waals surface area contributed by atoms with E-state index in [9.17, 15) is 4.79 Å². The van der Waals surface area contributed by atoms with Crippen LogP contribution in [-0.4, -0.2) is 61.3 Å². The van der Waals surface area contributed by atoms with Crippen molar-refractivity contribution in [1.29, 1.82) is 0 Å². The number of amides is 1. The molecule has 6 nitrogen and oxygen atoms in total. The Morgan fingerprint density at radius 1 is 1.43 bits per heavy atom. The maximum Gasteiger partial charge on any atom is 0.222 e. The van der Waals surface area contributed by atoms with Crippen LogP contribution in [0.1, 0.15) is 18.4 Å². The van der Waals surface area contributed by atoms with Crippen molar-refractivity contribution in [3.8, 4) is 0 Å². The Bertz CT molecular complexity index is 497. The first-order valence-electron chi connectivity index (χ1n) is 8.27. The van der Waals surface area contributed by atoms with E-state index in [1.54, 1.807) is 7.11 Å². The zero-order valence-corrected chi connectivity index (χ0v) is 13.6. The molecule has 0 aliphatic carbocycles. The average Bonchev–Trinajstić information content (AvgIpc) is 3.06. The Morgan fingerprint density at radius 2 is 2.26 bits per heavy atom. The number of hydrogen-bond acceptors (Lipinski definition) is 5. The van der Waals surface area contributed by atoms with Gasteiger partial charge in [-0.3, -0.25) is 14.7 Å². The van der Waals surface area contributed by atoms with E-state index in [1.165, 1.54) is 5.56 Å². The molecule has 3 rings (SSSR count). The highest BCUT2D eigenvalue weighted by molar-refractivity contribution is 5.76. The van der Waals surface area contributed by atoms with Crippen molar-refractivity contribution in [1.82, 2.24) is 15.2 Å². The molecule has 1 N–H and O–H groups in total. The molecule has 2 aliphatic rings. The molecule has 2 aliphatic heterocycles. The lowest BCUT2D eigenvalue weighted by atomic mass is 10.0. The summed E-state index contributed by atoms with van der Waals surface area (Å²) < 4.78 is 11.0. The zero-order valence-electron chi connectivity index (χ0n) is 13.6. The Kier molecular flexibility index (Phi) is 5.59. The highest BCUT2D eigenvalue weighted by Gasteiger charge is 2.42. The van der Waals surface area contributed by atoms with E-state index >= 15 is 0 Å². The predicted molar refractivity (Wildman–Crippen MR) is 85.8 cm³/mol. The summed E-state index contributed by atoms with van der Waals surface area (Å²) in [5.41, 5.74) is 1.29.